The lowest BCUT2D eigenvalue weighted by atomic mass is 9.77. The van der Waals surface area contributed by atoms with Crippen LogP contribution in [0.5, 0.6) is 17.2 Å². The molecule has 0 aliphatic carbocycles. The maximum Gasteiger partial charge on any atom is 0.251 e. The molecule has 1 N–H and O–H groups in total. The monoisotopic (exact) mass is 486 g/mol. The Morgan fingerprint density at radius 1 is 1.00 bits per heavy atom. The van der Waals surface area contributed by atoms with Gasteiger partial charge in [0.1, 0.15) is 17.8 Å². The molecule has 3 aliphatic heterocycles. The first kappa shape index (κ1) is 22.4. The molecule has 0 aromatic heterocycles. The first-order chi connectivity index (χ1) is 17.6. The minimum atomic E-state index is -0.937. The van der Waals surface area contributed by atoms with E-state index >= 15 is 0 Å². The summed E-state index contributed by atoms with van der Waals surface area (Å²) in [5.41, 5.74) is 3.12. The Hall–Kier alpha value is -4.04. The minimum Gasteiger partial charge on any atom is -0.491 e. The van der Waals surface area contributed by atoms with Gasteiger partial charge >= 0.3 is 0 Å². The highest BCUT2D eigenvalue weighted by Crippen LogP contribution is 2.55. The Kier molecular flexibility index (Phi) is 5.53. The summed E-state index contributed by atoms with van der Waals surface area (Å²) < 4.78 is 22.4. The standard InChI is InChI=1S/C28H26N2O6/c1-2-33-12-11-29-26(31)19-9-7-18(8-10-19)15-30-22-6-4-3-5-20(22)28(27(30)32)16-34-23-14-25-24(13-21(23)28)35-17-36-25/h3-10,13-14H,2,11-12,15-17H2,1H3,(H,29,31). The summed E-state index contributed by atoms with van der Waals surface area (Å²) in [6.07, 6.45) is 0. The number of para-hydroxylation sites is 1. The van der Waals surface area contributed by atoms with Gasteiger partial charge in [-0.25, -0.2) is 0 Å². The van der Waals surface area contributed by atoms with E-state index in [-0.39, 0.29) is 25.2 Å². The summed E-state index contributed by atoms with van der Waals surface area (Å²) in [5.74, 6) is 1.70. The second-order valence-corrected chi connectivity index (χ2v) is 8.95. The maximum atomic E-state index is 14.1. The third kappa shape index (κ3) is 3.48. The third-order valence-corrected chi connectivity index (χ3v) is 6.94. The van der Waals surface area contributed by atoms with Crippen LogP contribution in [0.25, 0.3) is 0 Å². The van der Waals surface area contributed by atoms with Crippen LogP contribution in [-0.2, 0) is 21.5 Å². The van der Waals surface area contributed by atoms with E-state index in [2.05, 4.69) is 5.32 Å². The SMILES string of the molecule is CCOCCNC(=O)c1ccc(CN2C(=O)C3(COc4cc5c(cc43)OCO5)c3ccccc32)cc1. The molecule has 184 valence electrons. The number of rotatable bonds is 7. The van der Waals surface area contributed by atoms with Gasteiger partial charge in [0.2, 0.25) is 12.7 Å². The van der Waals surface area contributed by atoms with Crippen LogP contribution in [0.1, 0.15) is 34.0 Å². The fourth-order valence-corrected chi connectivity index (χ4v) is 5.15. The van der Waals surface area contributed by atoms with Crippen molar-refractivity contribution in [2.75, 3.05) is 38.1 Å². The summed E-state index contributed by atoms with van der Waals surface area (Å²) in [6, 6.07) is 18.9. The zero-order valence-electron chi connectivity index (χ0n) is 19.9. The summed E-state index contributed by atoms with van der Waals surface area (Å²) in [7, 11) is 0. The summed E-state index contributed by atoms with van der Waals surface area (Å²) in [4.78, 5) is 28.3. The van der Waals surface area contributed by atoms with Crippen molar-refractivity contribution in [1.29, 1.82) is 0 Å². The Bertz CT molecular complexity index is 1340. The fraction of sp³-hybridized carbons (Fsp3) is 0.286. The van der Waals surface area contributed by atoms with Crippen molar-refractivity contribution in [2.24, 2.45) is 0 Å². The van der Waals surface area contributed by atoms with E-state index in [9.17, 15) is 9.59 Å². The van der Waals surface area contributed by atoms with Crippen LogP contribution in [-0.4, -0.2) is 45.0 Å². The molecule has 1 spiro atoms. The molecule has 0 bridgehead atoms. The molecule has 1 atom stereocenters. The van der Waals surface area contributed by atoms with Gasteiger partial charge in [-0.05, 0) is 42.3 Å². The first-order valence-electron chi connectivity index (χ1n) is 12.0. The normalized spacial score (nSPS) is 18.8. The van der Waals surface area contributed by atoms with Crippen molar-refractivity contribution >= 4 is 17.5 Å². The quantitative estimate of drug-likeness (QED) is 0.515. The Morgan fingerprint density at radius 3 is 2.58 bits per heavy atom. The average Bonchev–Trinajstić information content (AvgIpc) is 3.58. The van der Waals surface area contributed by atoms with Gasteiger partial charge in [-0.15, -0.1) is 0 Å². The van der Waals surface area contributed by atoms with Crippen molar-refractivity contribution in [3.8, 4) is 17.2 Å². The topological polar surface area (TPSA) is 86.3 Å². The molecular weight excluding hydrogens is 460 g/mol. The highest BCUT2D eigenvalue weighted by Gasteiger charge is 2.57. The van der Waals surface area contributed by atoms with E-state index in [4.69, 9.17) is 18.9 Å². The molecule has 3 aromatic rings. The number of amides is 2. The molecule has 2 amide bonds. The lowest BCUT2D eigenvalue weighted by Crippen LogP contribution is -2.42. The number of carbonyl (C=O) groups is 2. The van der Waals surface area contributed by atoms with Crippen LogP contribution in [0.3, 0.4) is 0 Å². The zero-order valence-corrected chi connectivity index (χ0v) is 19.9. The third-order valence-electron chi connectivity index (χ3n) is 6.94. The number of nitrogens with zero attached hydrogens (tertiary/aromatic N) is 1. The molecule has 36 heavy (non-hydrogen) atoms. The van der Waals surface area contributed by atoms with Crippen molar-refractivity contribution in [2.45, 2.75) is 18.9 Å². The highest BCUT2D eigenvalue weighted by atomic mass is 16.7. The molecule has 3 aromatic carbocycles. The van der Waals surface area contributed by atoms with Crippen molar-refractivity contribution in [1.82, 2.24) is 5.32 Å². The maximum absolute atomic E-state index is 14.1. The van der Waals surface area contributed by atoms with Crippen molar-refractivity contribution in [3.05, 3.63) is 82.9 Å². The number of fused-ring (bicyclic) bond motifs is 5. The van der Waals surface area contributed by atoms with Crippen LogP contribution in [0, 0.1) is 0 Å². The van der Waals surface area contributed by atoms with E-state index in [1.165, 1.54) is 0 Å². The minimum absolute atomic E-state index is 0.0425. The van der Waals surface area contributed by atoms with E-state index in [0.29, 0.717) is 49.1 Å². The molecule has 3 aliphatic rings. The number of carbonyl (C=O) groups excluding carboxylic acids is 2. The number of hydrogen-bond donors (Lipinski definition) is 1. The summed E-state index contributed by atoms with van der Waals surface area (Å²) in [5, 5.41) is 2.84. The second-order valence-electron chi connectivity index (χ2n) is 8.95. The number of ether oxygens (including phenoxy) is 4. The number of anilines is 1. The molecule has 0 saturated heterocycles. The number of benzene rings is 3. The predicted octanol–water partition coefficient (Wildman–Crippen LogP) is 3.41. The summed E-state index contributed by atoms with van der Waals surface area (Å²) in [6.45, 7) is 4.23. The molecular formula is C28H26N2O6. The smallest absolute Gasteiger partial charge is 0.251 e. The van der Waals surface area contributed by atoms with Gasteiger partial charge in [0.05, 0.1) is 13.2 Å². The molecule has 3 heterocycles. The van der Waals surface area contributed by atoms with Crippen LogP contribution < -0.4 is 24.4 Å². The van der Waals surface area contributed by atoms with E-state index in [1.54, 1.807) is 17.0 Å². The lowest BCUT2D eigenvalue weighted by molar-refractivity contribution is -0.122. The van der Waals surface area contributed by atoms with Gasteiger partial charge in [-0.1, -0.05) is 30.3 Å². The molecule has 8 nitrogen and oxygen atoms in total. The van der Waals surface area contributed by atoms with Crippen LogP contribution >= 0.6 is 0 Å². The Balaban J connectivity index is 1.27. The molecule has 6 rings (SSSR count). The second kappa shape index (κ2) is 8.87. The molecule has 8 heteroatoms. The summed E-state index contributed by atoms with van der Waals surface area (Å²) >= 11 is 0. The van der Waals surface area contributed by atoms with E-state index in [0.717, 1.165) is 22.4 Å². The largest absolute Gasteiger partial charge is 0.491 e. The van der Waals surface area contributed by atoms with Gasteiger partial charge < -0.3 is 29.2 Å². The van der Waals surface area contributed by atoms with Gasteiger partial charge in [0, 0.05) is 36.0 Å². The molecule has 1 unspecified atom stereocenters. The predicted molar refractivity (Wildman–Crippen MR) is 132 cm³/mol. The Morgan fingerprint density at radius 2 is 1.78 bits per heavy atom. The van der Waals surface area contributed by atoms with Gasteiger partial charge in [-0.3, -0.25) is 9.59 Å². The molecule has 0 fully saturated rings. The molecule has 0 saturated carbocycles. The average molecular weight is 487 g/mol. The van der Waals surface area contributed by atoms with Gasteiger partial charge in [0.25, 0.3) is 5.91 Å². The number of hydrogen-bond acceptors (Lipinski definition) is 6. The van der Waals surface area contributed by atoms with Crippen LogP contribution in [0.2, 0.25) is 0 Å². The van der Waals surface area contributed by atoms with Gasteiger partial charge in [-0.2, -0.15) is 0 Å². The fourth-order valence-electron chi connectivity index (χ4n) is 5.15. The lowest BCUT2D eigenvalue weighted by Gasteiger charge is -2.23. The number of nitrogens with one attached hydrogen (secondary N) is 1. The van der Waals surface area contributed by atoms with Crippen LogP contribution in [0.15, 0.2) is 60.7 Å². The van der Waals surface area contributed by atoms with Crippen molar-refractivity contribution < 1.29 is 28.5 Å². The van der Waals surface area contributed by atoms with Crippen molar-refractivity contribution in [3.63, 3.8) is 0 Å². The zero-order chi connectivity index (χ0) is 24.7. The molecule has 0 radical (unpaired) electrons. The van der Waals surface area contributed by atoms with E-state index in [1.807, 2.05) is 55.5 Å². The Labute approximate surface area is 208 Å². The van der Waals surface area contributed by atoms with Gasteiger partial charge in [0.15, 0.2) is 11.5 Å². The highest BCUT2D eigenvalue weighted by molar-refractivity contribution is 6.11. The van der Waals surface area contributed by atoms with Crippen LogP contribution in [0.4, 0.5) is 5.69 Å². The van der Waals surface area contributed by atoms with E-state index < -0.39 is 5.41 Å². The first-order valence-corrected chi connectivity index (χ1v) is 12.0.